The van der Waals surface area contributed by atoms with E-state index in [9.17, 15) is 0 Å². The molecule has 1 aromatic rings. The molecule has 0 unspecified atom stereocenters. The van der Waals surface area contributed by atoms with Crippen LogP contribution in [0.4, 0.5) is 0 Å². The highest BCUT2D eigenvalue weighted by Gasteiger charge is 2.20. The van der Waals surface area contributed by atoms with E-state index in [2.05, 4.69) is 0 Å². The van der Waals surface area contributed by atoms with Gasteiger partial charge < -0.3 is 14.8 Å². The first-order valence-corrected chi connectivity index (χ1v) is 5.76. The van der Waals surface area contributed by atoms with Crippen molar-refractivity contribution in [1.82, 2.24) is 0 Å². The van der Waals surface area contributed by atoms with Gasteiger partial charge in [-0.3, -0.25) is 0 Å². The van der Waals surface area contributed by atoms with E-state index < -0.39 is 7.12 Å². The Balaban J connectivity index is 1.92. The molecule has 16 heavy (non-hydrogen) atoms. The van der Waals surface area contributed by atoms with E-state index in [0.29, 0.717) is 5.46 Å². The van der Waals surface area contributed by atoms with Crippen LogP contribution < -0.4 is 10.2 Å². The summed E-state index contributed by atoms with van der Waals surface area (Å²) < 4.78 is 5.66. The molecular formula is C12H17BO3. The Labute approximate surface area is 96.2 Å². The Kier molecular flexibility index (Phi) is 3.51. The minimum atomic E-state index is -1.40. The van der Waals surface area contributed by atoms with Crippen LogP contribution in [0.1, 0.15) is 24.8 Å². The van der Waals surface area contributed by atoms with Crippen molar-refractivity contribution in [2.24, 2.45) is 5.92 Å². The third-order valence-electron chi connectivity index (χ3n) is 2.98. The maximum absolute atomic E-state index is 9.01. The summed E-state index contributed by atoms with van der Waals surface area (Å²) in [5, 5.41) is 18.0. The first-order chi connectivity index (χ1) is 7.66. The first-order valence-electron chi connectivity index (χ1n) is 5.76. The van der Waals surface area contributed by atoms with Crippen LogP contribution in [-0.4, -0.2) is 23.8 Å². The monoisotopic (exact) mass is 220 g/mol. The highest BCUT2D eigenvalue weighted by atomic mass is 16.5. The maximum Gasteiger partial charge on any atom is 0.488 e. The lowest BCUT2D eigenvalue weighted by atomic mass is 9.79. The number of hydrogen-bond donors (Lipinski definition) is 2. The van der Waals surface area contributed by atoms with Gasteiger partial charge in [0.05, 0.1) is 6.61 Å². The second-order valence-corrected chi connectivity index (χ2v) is 4.48. The van der Waals surface area contributed by atoms with Gasteiger partial charge in [-0.25, -0.2) is 0 Å². The largest absolute Gasteiger partial charge is 0.493 e. The van der Waals surface area contributed by atoms with Crippen LogP contribution in [0.25, 0.3) is 0 Å². The van der Waals surface area contributed by atoms with Crippen LogP contribution in [0.15, 0.2) is 18.2 Å². The van der Waals surface area contributed by atoms with Gasteiger partial charge in [-0.05, 0) is 36.4 Å². The minimum absolute atomic E-state index is 0.507. The quantitative estimate of drug-likeness (QED) is 0.723. The van der Waals surface area contributed by atoms with E-state index in [0.717, 1.165) is 30.3 Å². The van der Waals surface area contributed by atoms with E-state index >= 15 is 0 Å². The van der Waals surface area contributed by atoms with E-state index in [1.165, 1.54) is 12.8 Å². The summed E-state index contributed by atoms with van der Waals surface area (Å²) in [6.45, 7) is 2.67. The molecule has 4 heteroatoms. The zero-order valence-corrected chi connectivity index (χ0v) is 9.52. The molecule has 0 radical (unpaired) electrons. The molecule has 1 aromatic carbocycles. The third-order valence-corrected chi connectivity index (χ3v) is 2.98. The van der Waals surface area contributed by atoms with Crippen molar-refractivity contribution >= 4 is 12.6 Å². The Morgan fingerprint density at radius 2 is 2.12 bits per heavy atom. The zero-order valence-electron chi connectivity index (χ0n) is 9.52. The molecule has 1 aliphatic carbocycles. The van der Waals surface area contributed by atoms with Crippen molar-refractivity contribution in [3.05, 3.63) is 23.8 Å². The molecule has 0 amide bonds. The molecule has 1 aliphatic rings. The fourth-order valence-electron chi connectivity index (χ4n) is 1.74. The van der Waals surface area contributed by atoms with Crippen LogP contribution in [-0.2, 0) is 0 Å². The van der Waals surface area contributed by atoms with Gasteiger partial charge >= 0.3 is 7.12 Å². The molecule has 2 N–H and O–H groups in total. The van der Waals surface area contributed by atoms with Gasteiger partial charge in [0.25, 0.3) is 0 Å². The molecule has 0 heterocycles. The van der Waals surface area contributed by atoms with Gasteiger partial charge in [-0.1, -0.05) is 25.0 Å². The lowest BCUT2D eigenvalue weighted by Crippen LogP contribution is -2.29. The van der Waals surface area contributed by atoms with E-state index in [1.54, 1.807) is 18.2 Å². The molecule has 3 nitrogen and oxygen atoms in total. The molecule has 0 bridgehead atoms. The molecule has 1 fully saturated rings. The number of benzene rings is 1. The molecule has 2 rings (SSSR count). The summed E-state index contributed by atoms with van der Waals surface area (Å²) >= 11 is 0. The van der Waals surface area contributed by atoms with Gasteiger partial charge in [0.15, 0.2) is 0 Å². The van der Waals surface area contributed by atoms with Gasteiger partial charge in [0.1, 0.15) is 5.75 Å². The maximum atomic E-state index is 9.01. The average molecular weight is 220 g/mol. The smallest absolute Gasteiger partial charge is 0.488 e. The van der Waals surface area contributed by atoms with Crippen molar-refractivity contribution in [3.8, 4) is 5.75 Å². The number of hydrogen-bond acceptors (Lipinski definition) is 3. The Hall–Kier alpha value is -0.995. The second kappa shape index (κ2) is 4.89. The molecule has 0 saturated heterocycles. The highest BCUT2D eigenvalue weighted by Crippen LogP contribution is 2.32. The average Bonchev–Trinajstić information content (AvgIpc) is 3.04. The Bertz CT molecular complexity index is 361. The summed E-state index contributed by atoms with van der Waals surface area (Å²) in [4.78, 5) is 0. The van der Waals surface area contributed by atoms with Gasteiger partial charge in [-0.15, -0.1) is 0 Å². The number of ether oxygens (including phenoxy) is 1. The Morgan fingerprint density at radius 1 is 1.38 bits per heavy atom. The van der Waals surface area contributed by atoms with Crippen LogP contribution in [0, 0.1) is 12.8 Å². The summed E-state index contributed by atoms with van der Waals surface area (Å²) in [7, 11) is -1.40. The summed E-state index contributed by atoms with van der Waals surface area (Å²) in [5.41, 5.74) is 1.45. The summed E-state index contributed by atoms with van der Waals surface area (Å²) in [6.07, 6.45) is 3.82. The predicted octanol–water partition coefficient (Wildman–Crippen LogP) is 0.854. The zero-order chi connectivity index (χ0) is 11.5. The Morgan fingerprint density at radius 3 is 2.69 bits per heavy atom. The van der Waals surface area contributed by atoms with Gasteiger partial charge in [0.2, 0.25) is 0 Å². The normalized spacial score (nSPS) is 14.9. The molecule has 0 atom stereocenters. The van der Waals surface area contributed by atoms with Gasteiger partial charge in [0, 0.05) is 0 Å². The van der Waals surface area contributed by atoms with E-state index in [1.807, 2.05) is 6.92 Å². The molecule has 0 aliphatic heterocycles. The van der Waals surface area contributed by atoms with Crippen molar-refractivity contribution in [1.29, 1.82) is 0 Å². The molecule has 0 aromatic heterocycles. The lowest BCUT2D eigenvalue weighted by Gasteiger charge is -2.10. The van der Waals surface area contributed by atoms with Crippen LogP contribution in [0.2, 0.25) is 0 Å². The van der Waals surface area contributed by atoms with Crippen LogP contribution in [0.3, 0.4) is 0 Å². The van der Waals surface area contributed by atoms with Crippen LogP contribution >= 0.6 is 0 Å². The van der Waals surface area contributed by atoms with E-state index in [4.69, 9.17) is 14.8 Å². The van der Waals surface area contributed by atoms with Crippen molar-refractivity contribution in [3.63, 3.8) is 0 Å². The first kappa shape index (κ1) is 11.5. The fraction of sp³-hybridized carbons (Fsp3) is 0.500. The highest BCUT2D eigenvalue weighted by molar-refractivity contribution is 6.58. The lowest BCUT2D eigenvalue weighted by molar-refractivity contribution is 0.300. The summed E-state index contributed by atoms with van der Waals surface area (Å²) in [6, 6.07) is 5.23. The van der Waals surface area contributed by atoms with Crippen molar-refractivity contribution < 1.29 is 14.8 Å². The van der Waals surface area contributed by atoms with Gasteiger partial charge in [-0.2, -0.15) is 0 Å². The number of rotatable bonds is 5. The topological polar surface area (TPSA) is 49.7 Å². The number of aryl methyl sites for hydroxylation is 1. The van der Waals surface area contributed by atoms with Crippen molar-refractivity contribution in [2.45, 2.75) is 26.2 Å². The van der Waals surface area contributed by atoms with Crippen molar-refractivity contribution in [2.75, 3.05) is 6.61 Å². The molecular weight excluding hydrogens is 203 g/mol. The predicted molar refractivity (Wildman–Crippen MR) is 63.8 cm³/mol. The molecule has 1 saturated carbocycles. The molecule has 0 spiro atoms. The molecule has 86 valence electrons. The fourth-order valence-corrected chi connectivity index (χ4v) is 1.74. The van der Waals surface area contributed by atoms with E-state index in [-0.39, 0.29) is 0 Å². The minimum Gasteiger partial charge on any atom is -0.493 e. The second-order valence-electron chi connectivity index (χ2n) is 4.48. The third kappa shape index (κ3) is 3.00. The standard InChI is InChI=1S/C12H17BO3/c1-9-8-11(13(14)15)4-5-12(9)16-7-6-10-2-3-10/h4-5,8,10,14-15H,2-3,6-7H2,1H3. The summed E-state index contributed by atoms with van der Waals surface area (Å²) in [5.74, 6) is 1.71. The van der Waals surface area contributed by atoms with Crippen LogP contribution in [0.5, 0.6) is 5.75 Å². The SMILES string of the molecule is Cc1cc(B(O)O)ccc1OCCC1CC1.